The molecule has 51 heteroatoms. The highest BCUT2D eigenvalue weighted by atomic mass is 32.2. The van der Waals surface area contributed by atoms with E-state index in [9.17, 15) is 86.3 Å². The first-order chi connectivity index (χ1) is 68.2. The number of allylic oxidation sites excluding steroid dienone is 2. The van der Waals surface area contributed by atoms with Crippen LogP contribution in [0.4, 0.5) is 0 Å². The number of aliphatic carboxylic acids is 9. The SMILES string of the molecule is C.C.C.C.C.C.C#CCCC(=O)CCCSC[C@H](N)C(=O)O.C#CCCC(=O)OCCSC[C@H](N)C(=O)O.C#CCOC(=O)CCCSC[C@H](N)C(=O)O.C=CCCC(=O)CCCSC[C@H](N)C(=O)O.C=CCCC(=O)OCCSC[C@H](N)C(=O)O.C=CCOC(=O)CCCSC[C@H](N)C(=O)O.CCCCC(=O)CCCSC[C@H](N)C(=O)O.CCCCC(=O)OCCSC[C@H](N)C(=O)O.CCCOC(=O)CCCSC[C@H](N)C(=O)O. The number of carbonyl (C=O) groups excluding carboxylic acids is 9. The highest BCUT2D eigenvalue weighted by Crippen LogP contribution is 2.15. The number of carboxylic acids is 9. The number of unbranched alkanes of at least 4 members (excludes halogenated alkanes) is 2. The van der Waals surface area contributed by atoms with E-state index in [1.54, 1.807) is 12.2 Å². The Morgan fingerprint density at radius 1 is 0.253 bits per heavy atom. The fourth-order valence-electron chi connectivity index (χ4n) is 8.11. The second kappa shape index (κ2) is 131. The van der Waals surface area contributed by atoms with E-state index in [4.69, 9.17) is 141 Å². The molecule has 0 aromatic heterocycles. The Morgan fingerprint density at radius 3 is 0.713 bits per heavy atom. The van der Waals surface area contributed by atoms with E-state index >= 15 is 0 Å². The number of carboxylic acid groups (broad SMARTS) is 9. The van der Waals surface area contributed by atoms with Gasteiger partial charge in [0, 0.05) is 153 Å². The van der Waals surface area contributed by atoms with Gasteiger partial charge in [-0.2, -0.15) is 106 Å². The monoisotopic (exact) mass is 2310 g/mol. The molecule has 150 heavy (non-hydrogen) atoms. The summed E-state index contributed by atoms with van der Waals surface area (Å²) >= 11 is 12.8. The van der Waals surface area contributed by atoms with Gasteiger partial charge in [0.2, 0.25) is 0 Å². The van der Waals surface area contributed by atoms with Crippen LogP contribution >= 0.6 is 106 Å². The minimum absolute atomic E-state index is 0. The van der Waals surface area contributed by atoms with E-state index in [-0.39, 0.29) is 131 Å². The number of hydrogen-bond donors (Lipinski definition) is 18. The number of thioether (sulfide) groups is 9. The topological polar surface area (TPSA) is 779 Å². The summed E-state index contributed by atoms with van der Waals surface area (Å²) in [5.41, 5.74) is 47.7. The minimum Gasteiger partial charge on any atom is -0.480 e. The lowest BCUT2D eigenvalue weighted by Gasteiger charge is -2.06. The zero-order valence-electron chi connectivity index (χ0n) is 83.0. The van der Waals surface area contributed by atoms with Crippen molar-refractivity contribution in [3.05, 3.63) is 38.0 Å². The molecule has 0 bridgehead atoms. The number of ether oxygens (including phenoxy) is 6. The molecule has 0 aliphatic rings. The van der Waals surface area contributed by atoms with Crippen LogP contribution < -0.4 is 51.6 Å². The van der Waals surface area contributed by atoms with Crippen molar-refractivity contribution in [1.29, 1.82) is 0 Å². The highest BCUT2D eigenvalue weighted by molar-refractivity contribution is 8.01. The summed E-state index contributed by atoms with van der Waals surface area (Å²) in [6.45, 7) is 18.0. The van der Waals surface area contributed by atoms with Crippen LogP contribution in [0.25, 0.3) is 0 Å². The van der Waals surface area contributed by atoms with E-state index in [0.717, 1.165) is 80.8 Å². The lowest BCUT2D eigenvalue weighted by Crippen LogP contribution is -2.32. The van der Waals surface area contributed by atoms with Crippen LogP contribution in [0.2, 0.25) is 0 Å². The molecule has 0 rings (SSSR count). The second-order valence-corrected chi connectivity index (χ2v) is 39.8. The van der Waals surface area contributed by atoms with Gasteiger partial charge in [0.25, 0.3) is 0 Å². The summed E-state index contributed by atoms with van der Waals surface area (Å²) in [5.74, 6) is 6.44. The van der Waals surface area contributed by atoms with Crippen molar-refractivity contribution in [2.24, 2.45) is 51.6 Å². The van der Waals surface area contributed by atoms with Gasteiger partial charge in [-0.3, -0.25) is 86.3 Å². The summed E-state index contributed by atoms with van der Waals surface area (Å²) in [6, 6.07) is -7.50. The fourth-order valence-corrected chi connectivity index (χ4v) is 15.9. The normalized spacial score (nSPS) is 11.4. The number of carbonyl (C=O) groups is 18. The van der Waals surface area contributed by atoms with Gasteiger partial charge in [0.05, 0.1) is 13.0 Å². The lowest BCUT2D eigenvalue weighted by atomic mass is 10.1. The molecule has 0 aromatic rings. The third-order valence-corrected chi connectivity index (χ3v) is 26.3. The average Bonchev–Trinajstić information content (AvgIpc) is 1.03. The molecule has 42 nitrogen and oxygen atoms in total. The molecule has 0 spiro atoms. The lowest BCUT2D eigenvalue weighted by molar-refractivity contribution is -0.144. The van der Waals surface area contributed by atoms with Crippen LogP contribution in [-0.4, -0.2) is 350 Å². The van der Waals surface area contributed by atoms with Gasteiger partial charge in [-0.05, 0) is 105 Å². The van der Waals surface area contributed by atoms with E-state index in [1.165, 1.54) is 112 Å². The molecule has 0 unspecified atom stereocenters. The van der Waals surface area contributed by atoms with Crippen molar-refractivity contribution in [1.82, 2.24) is 0 Å². The molecule has 0 saturated heterocycles. The number of ketones is 3. The number of rotatable bonds is 81. The first kappa shape index (κ1) is 175. The van der Waals surface area contributed by atoms with E-state index in [1.807, 2.05) is 13.8 Å². The van der Waals surface area contributed by atoms with Crippen LogP contribution in [0.15, 0.2) is 38.0 Å². The standard InChI is InChI=1S/C11H21NO3S.C11H19NO3S.C11H17NO3S.C10H19NO4S.C10H17NO4S.C10H15NO4S.C10H19NO4S.C10H17NO4S.C10H15NO4S.6CH4/c3*1-2-3-5-9(13)6-4-7-16-8-10(12)11(14)15;3*1-2-5-15-9(12)4-3-6-16-7-8(11)10(13)14;3*1-2-3-4-9(12)15-5-6-16-7-8(11)10(13)14;;;;;;/h10H,2-8,12H2,1H3,(H,14,15);2,10H,1,3-8,12H2,(H,14,15);1,10H,3-8,12H2,(H,14,15);8H,2-7,11H2,1H3,(H,13,14);2,8H,1,3-7,11H2,(H,13,14);1,8H,3-7,11H2,(H,13,14);8H,2-7,11H2,1H3,(H,13,14);2,8H,1,3-7,11H2,(H,13,14);1,8H,3-7,11H2,(H,13,14);6*1H4/t3*10-;6*8-;;;;;;/m000000000....../s1. The van der Waals surface area contributed by atoms with Crippen LogP contribution in [0.1, 0.15) is 239 Å². The molecule has 876 valence electrons. The summed E-state index contributed by atoms with van der Waals surface area (Å²) in [4.78, 5) is 193. The number of Topliss-reactive ketones (excluding diaryl/α,β-unsaturated/α-hetero) is 3. The van der Waals surface area contributed by atoms with Gasteiger partial charge >= 0.3 is 89.5 Å². The fraction of sp³-hybridized carbons (Fsp3) is 0.697. The van der Waals surface area contributed by atoms with Crippen molar-refractivity contribution in [3.63, 3.8) is 0 Å². The minimum atomic E-state index is -1.03. The van der Waals surface area contributed by atoms with Crippen LogP contribution in [-0.2, 0) is 115 Å². The van der Waals surface area contributed by atoms with Crippen molar-refractivity contribution in [2.45, 2.75) is 293 Å². The van der Waals surface area contributed by atoms with E-state index in [2.05, 4.69) is 49.2 Å². The first-order valence-electron chi connectivity index (χ1n) is 45.9. The molecule has 0 aromatic carbocycles. The molecular weight excluding hydrogens is 2130 g/mol. The van der Waals surface area contributed by atoms with Crippen LogP contribution in [0, 0.1) is 37.0 Å². The Morgan fingerprint density at radius 2 is 0.460 bits per heavy atom. The number of terminal acetylenes is 3. The Kier molecular flexibility index (Phi) is 153. The predicted molar refractivity (Wildman–Crippen MR) is 616 cm³/mol. The average molecular weight is 2320 g/mol. The maximum absolute atomic E-state index is 11.3. The maximum atomic E-state index is 11.3. The molecule has 9 atom stereocenters. The number of nitrogens with two attached hydrogens (primary N) is 9. The van der Waals surface area contributed by atoms with Crippen molar-refractivity contribution in [2.75, 3.05) is 143 Å². The van der Waals surface area contributed by atoms with Gasteiger partial charge in [-0.25, -0.2) is 0 Å². The van der Waals surface area contributed by atoms with Gasteiger partial charge in [0.15, 0.2) is 6.61 Å². The molecule has 27 N–H and O–H groups in total. The molecule has 0 heterocycles. The first-order valence-corrected chi connectivity index (χ1v) is 56.2. The summed E-state index contributed by atoms with van der Waals surface area (Å²) in [6.07, 6.45) is 36.4. The predicted octanol–water partition coefficient (Wildman–Crippen LogP) is 11.0. The van der Waals surface area contributed by atoms with E-state index < -0.39 is 108 Å². The summed E-state index contributed by atoms with van der Waals surface area (Å²) in [5, 5.41) is 76.5. The highest BCUT2D eigenvalue weighted by Gasteiger charge is 2.20. The van der Waals surface area contributed by atoms with Crippen molar-refractivity contribution >= 4 is 213 Å². The van der Waals surface area contributed by atoms with E-state index in [0.29, 0.717) is 202 Å². The third kappa shape index (κ3) is 146. The molecule has 0 radical (unpaired) electrons. The summed E-state index contributed by atoms with van der Waals surface area (Å²) < 4.78 is 29.0. The smallest absolute Gasteiger partial charge is 0.321 e. The Balaban J connectivity index is -0.000000105. The van der Waals surface area contributed by atoms with Crippen LogP contribution in [0.5, 0.6) is 0 Å². The maximum Gasteiger partial charge on any atom is 0.321 e. The molecule has 0 amide bonds. The number of esters is 6. The van der Waals surface area contributed by atoms with Gasteiger partial charge < -0.3 is 126 Å². The summed E-state index contributed by atoms with van der Waals surface area (Å²) in [7, 11) is 0. The van der Waals surface area contributed by atoms with Gasteiger partial charge in [0.1, 0.15) is 98.2 Å². The van der Waals surface area contributed by atoms with Gasteiger partial charge in [-0.1, -0.05) is 109 Å². The number of hydrogen-bond acceptors (Lipinski definition) is 42. The zero-order valence-corrected chi connectivity index (χ0v) is 90.4. The third-order valence-electron chi connectivity index (χ3n) is 16.1. The van der Waals surface area contributed by atoms with Crippen molar-refractivity contribution < 1.29 is 161 Å². The second-order valence-electron chi connectivity index (χ2n) is 29.4. The van der Waals surface area contributed by atoms with Crippen LogP contribution in [0.3, 0.4) is 0 Å². The molecule has 0 fully saturated rings. The Bertz CT molecular complexity index is 3310. The zero-order chi connectivity index (χ0) is 112. The quantitative estimate of drug-likeness (QED) is 0.00884. The largest absolute Gasteiger partial charge is 0.480 e. The van der Waals surface area contributed by atoms with Crippen molar-refractivity contribution in [3.8, 4) is 37.0 Å². The molecule has 0 aliphatic heterocycles. The molecule has 0 saturated carbocycles. The van der Waals surface area contributed by atoms with Gasteiger partial charge in [-0.15, -0.1) is 44.3 Å². The molecular formula is C99H183N9O33S9. The Labute approximate surface area is 929 Å². The molecule has 0 aliphatic carbocycles. The Hall–Kier alpha value is -8.25.